The standard InChI is InChI=1S/C17H23NO4S/c1-4-10-18-23(20,21)13-8-9-14(12(2)11-13)17-15(19)6-5-7-16(17)22-3/h5-9,11,18-21H,4,10H2,1-3H3. The molecule has 0 unspecified atom stereocenters. The Labute approximate surface area is 138 Å². The SMILES string of the molecule is CCCNS(O)(O)c1ccc(-c2c(O)cccc2OC)c(C)c1. The number of aryl methyl sites for hydroxylation is 1. The maximum absolute atomic E-state index is 10.2. The fraction of sp³-hybridized carbons (Fsp3) is 0.294. The summed E-state index contributed by atoms with van der Waals surface area (Å²) in [5, 5.41) is 10.2. The van der Waals surface area contributed by atoms with Crippen LogP contribution >= 0.6 is 10.8 Å². The van der Waals surface area contributed by atoms with Crippen molar-refractivity contribution in [2.45, 2.75) is 25.2 Å². The molecule has 4 N–H and O–H groups in total. The van der Waals surface area contributed by atoms with Gasteiger partial charge in [-0.2, -0.15) is 0 Å². The van der Waals surface area contributed by atoms with Gasteiger partial charge >= 0.3 is 0 Å². The van der Waals surface area contributed by atoms with E-state index in [1.807, 2.05) is 13.8 Å². The van der Waals surface area contributed by atoms with Crippen LogP contribution < -0.4 is 9.46 Å². The number of aromatic hydroxyl groups is 1. The zero-order valence-corrected chi connectivity index (χ0v) is 14.4. The molecule has 0 amide bonds. The number of phenolic OH excluding ortho intramolecular Hbond substituents is 1. The van der Waals surface area contributed by atoms with Gasteiger partial charge in [-0.3, -0.25) is 9.11 Å². The average Bonchev–Trinajstić information content (AvgIpc) is 2.53. The van der Waals surface area contributed by atoms with Crippen molar-refractivity contribution in [3.63, 3.8) is 0 Å². The minimum atomic E-state index is -3.01. The Morgan fingerprint density at radius 1 is 1.17 bits per heavy atom. The molecule has 0 aliphatic rings. The molecular weight excluding hydrogens is 314 g/mol. The topological polar surface area (TPSA) is 82.0 Å². The first-order chi connectivity index (χ1) is 10.9. The number of hydrogen-bond acceptors (Lipinski definition) is 5. The van der Waals surface area contributed by atoms with E-state index < -0.39 is 10.8 Å². The van der Waals surface area contributed by atoms with Crippen LogP contribution in [0.1, 0.15) is 18.9 Å². The normalized spacial score (nSPS) is 12.2. The van der Waals surface area contributed by atoms with Crippen LogP contribution in [0.25, 0.3) is 11.1 Å². The van der Waals surface area contributed by atoms with Crippen LogP contribution in [0, 0.1) is 6.92 Å². The third-order valence-electron chi connectivity index (χ3n) is 3.57. The summed E-state index contributed by atoms with van der Waals surface area (Å²) in [6, 6.07) is 10.2. The summed E-state index contributed by atoms with van der Waals surface area (Å²) in [6.45, 7) is 4.35. The first-order valence-corrected chi connectivity index (χ1v) is 8.95. The Hall–Kier alpha value is -1.73. The number of benzene rings is 2. The fourth-order valence-electron chi connectivity index (χ4n) is 2.38. The number of hydrogen-bond donors (Lipinski definition) is 4. The van der Waals surface area contributed by atoms with Crippen LogP contribution in [0.15, 0.2) is 41.3 Å². The molecular formula is C17H23NO4S. The van der Waals surface area contributed by atoms with E-state index in [2.05, 4.69) is 4.72 Å². The van der Waals surface area contributed by atoms with Gasteiger partial charge in [0, 0.05) is 6.54 Å². The van der Waals surface area contributed by atoms with Gasteiger partial charge in [0.25, 0.3) is 0 Å². The lowest BCUT2D eigenvalue weighted by molar-refractivity contribution is 0.410. The molecule has 2 rings (SSSR count). The van der Waals surface area contributed by atoms with Gasteiger partial charge in [0.05, 0.1) is 17.6 Å². The van der Waals surface area contributed by atoms with Crippen molar-refractivity contribution in [1.82, 2.24) is 4.72 Å². The quantitative estimate of drug-likeness (QED) is 0.628. The highest BCUT2D eigenvalue weighted by Gasteiger charge is 2.18. The first kappa shape index (κ1) is 17.6. The van der Waals surface area contributed by atoms with E-state index in [1.54, 1.807) is 43.5 Å². The van der Waals surface area contributed by atoms with E-state index in [1.165, 1.54) is 0 Å². The number of nitrogens with one attached hydrogen (secondary N) is 1. The molecule has 0 saturated carbocycles. The zero-order valence-electron chi connectivity index (χ0n) is 13.5. The van der Waals surface area contributed by atoms with Crippen molar-refractivity contribution in [3.05, 3.63) is 42.0 Å². The molecule has 0 heterocycles. The Morgan fingerprint density at radius 2 is 1.91 bits per heavy atom. The molecule has 0 radical (unpaired) electrons. The number of methoxy groups -OCH3 is 1. The molecule has 0 spiro atoms. The second-order valence-electron chi connectivity index (χ2n) is 5.27. The molecule has 0 atom stereocenters. The number of phenols is 1. The summed E-state index contributed by atoms with van der Waals surface area (Å²) in [5.74, 6) is 0.687. The highest BCUT2D eigenvalue weighted by molar-refractivity contribution is 8.22. The summed E-state index contributed by atoms with van der Waals surface area (Å²) in [6.07, 6.45) is 0.808. The van der Waals surface area contributed by atoms with E-state index in [0.29, 0.717) is 22.8 Å². The van der Waals surface area contributed by atoms with Crippen molar-refractivity contribution >= 4 is 10.8 Å². The Kier molecular flexibility index (Phi) is 5.54. The summed E-state index contributed by atoms with van der Waals surface area (Å²) >= 11 is 0. The third-order valence-corrected chi connectivity index (χ3v) is 5.09. The van der Waals surface area contributed by atoms with E-state index in [0.717, 1.165) is 17.5 Å². The third kappa shape index (κ3) is 3.79. The molecule has 23 heavy (non-hydrogen) atoms. The minimum Gasteiger partial charge on any atom is -0.507 e. The second-order valence-corrected chi connectivity index (χ2v) is 7.13. The van der Waals surface area contributed by atoms with Crippen LogP contribution in [0.4, 0.5) is 0 Å². The van der Waals surface area contributed by atoms with E-state index in [-0.39, 0.29) is 5.75 Å². The van der Waals surface area contributed by atoms with Crippen LogP contribution in [0.2, 0.25) is 0 Å². The molecule has 6 heteroatoms. The Bertz CT molecular complexity index is 688. The maximum atomic E-state index is 10.2. The van der Waals surface area contributed by atoms with E-state index in [9.17, 15) is 14.2 Å². The molecule has 0 bridgehead atoms. The van der Waals surface area contributed by atoms with Crippen LogP contribution in [0.5, 0.6) is 11.5 Å². The largest absolute Gasteiger partial charge is 0.507 e. The molecule has 2 aromatic rings. The molecule has 5 nitrogen and oxygen atoms in total. The number of ether oxygens (including phenoxy) is 1. The van der Waals surface area contributed by atoms with Crippen molar-refractivity contribution in [1.29, 1.82) is 0 Å². The molecule has 0 fully saturated rings. The van der Waals surface area contributed by atoms with Gasteiger partial charge in [-0.05, 0) is 48.7 Å². The average molecular weight is 337 g/mol. The van der Waals surface area contributed by atoms with Crippen molar-refractivity contribution < 1.29 is 18.9 Å². The molecule has 2 aromatic carbocycles. The molecule has 0 saturated heterocycles. The van der Waals surface area contributed by atoms with Crippen molar-refractivity contribution in [2.75, 3.05) is 13.7 Å². The summed E-state index contributed by atoms with van der Waals surface area (Å²) in [5.41, 5.74) is 2.20. The van der Waals surface area contributed by atoms with Gasteiger partial charge in [0.1, 0.15) is 11.5 Å². The highest BCUT2D eigenvalue weighted by atomic mass is 32.3. The maximum Gasteiger partial charge on any atom is 0.130 e. The van der Waals surface area contributed by atoms with Gasteiger partial charge < -0.3 is 9.84 Å². The van der Waals surface area contributed by atoms with Crippen LogP contribution in [0.3, 0.4) is 0 Å². The van der Waals surface area contributed by atoms with E-state index in [4.69, 9.17) is 4.74 Å². The van der Waals surface area contributed by atoms with Gasteiger partial charge in [-0.1, -0.05) is 19.1 Å². The predicted octanol–water partition coefficient (Wildman–Crippen LogP) is 4.40. The first-order valence-electron chi connectivity index (χ1n) is 7.40. The number of rotatable bonds is 6. The summed E-state index contributed by atoms with van der Waals surface area (Å²) < 4.78 is 28.5. The lowest BCUT2D eigenvalue weighted by atomic mass is 9.99. The van der Waals surface area contributed by atoms with Gasteiger partial charge in [-0.25, -0.2) is 4.72 Å². The molecule has 126 valence electrons. The Morgan fingerprint density at radius 3 is 2.52 bits per heavy atom. The lowest BCUT2D eigenvalue weighted by Gasteiger charge is -2.33. The zero-order chi connectivity index (χ0) is 17.0. The summed E-state index contributed by atoms with van der Waals surface area (Å²) in [7, 11) is -1.46. The lowest BCUT2D eigenvalue weighted by Crippen LogP contribution is -2.20. The van der Waals surface area contributed by atoms with Gasteiger partial charge in [-0.15, -0.1) is 10.8 Å². The van der Waals surface area contributed by atoms with Crippen LogP contribution in [-0.4, -0.2) is 27.9 Å². The minimum absolute atomic E-state index is 0.121. The smallest absolute Gasteiger partial charge is 0.130 e. The highest BCUT2D eigenvalue weighted by Crippen LogP contribution is 2.46. The van der Waals surface area contributed by atoms with E-state index >= 15 is 0 Å². The molecule has 0 aliphatic heterocycles. The van der Waals surface area contributed by atoms with Gasteiger partial charge in [0.2, 0.25) is 0 Å². The molecule has 0 aromatic heterocycles. The van der Waals surface area contributed by atoms with Gasteiger partial charge in [0.15, 0.2) is 0 Å². The van der Waals surface area contributed by atoms with Crippen molar-refractivity contribution in [3.8, 4) is 22.6 Å². The summed E-state index contributed by atoms with van der Waals surface area (Å²) in [4.78, 5) is 0.432. The van der Waals surface area contributed by atoms with Crippen LogP contribution in [-0.2, 0) is 0 Å². The predicted molar refractivity (Wildman–Crippen MR) is 94.2 cm³/mol. The molecule has 0 aliphatic carbocycles. The Balaban J connectivity index is 2.45. The van der Waals surface area contributed by atoms with Crippen molar-refractivity contribution in [2.24, 2.45) is 0 Å². The fourth-order valence-corrected chi connectivity index (χ4v) is 3.64. The monoisotopic (exact) mass is 337 g/mol. The second kappa shape index (κ2) is 7.23.